The molecule has 0 bridgehead atoms. The van der Waals surface area contributed by atoms with Crippen LogP contribution in [0.15, 0.2) is 18.2 Å². The topological polar surface area (TPSA) is 35.5 Å². The van der Waals surface area contributed by atoms with Gasteiger partial charge in [0, 0.05) is 25.7 Å². The zero-order chi connectivity index (χ0) is 14.4. The molecule has 1 aromatic rings. The van der Waals surface area contributed by atoms with E-state index in [4.69, 9.17) is 5.11 Å². The molecule has 20 heavy (non-hydrogen) atoms. The molecular weight excluding hydrogens is 248 g/mol. The normalized spacial score (nSPS) is 19.1. The zero-order valence-electron chi connectivity index (χ0n) is 12.9. The smallest absolute Gasteiger partial charge is 0.0443 e. The minimum atomic E-state index is 0.266. The van der Waals surface area contributed by atoms with Crippen molar-refractivity contribution in [2.24, 2.45) is 0 Å². The Balaban J connectivity index is 2.00. The Hall–Kier alpha value is -0.900. The molecule has 1 aliphatic heterocycles. The third-order valence-electron chi connectivity index (χ3n) is 4.33. The van der Waals surface area contributed by atoms with Crippen molar-refractivity contribution in [1.82, 2.24) is 10.2 Å². The molecule has 0 aromatic heterocycles. The largest absolute Gasteiger partial charge is 0.396 e. The lowest BCUT2D eigenvalue weighted by Gasteiger charge is -2.36. The first-order valence-electron chi connectivity index (χ1n) is 7.94. The molecule has 3 heteroatoms. The van der Waals surface area contributed by atoms with Gasteiger partial charge in [-0.2, -0.15) is 0 Å². The van der Waals surface area contributed by atoms with Crippen molar-refractivity contribution < 1.29 is 5.11 Å². The van der Waals surface area contributed by atoms with Crippen LogP contribution in [-0.4, -0.2) is 35.7 Å². The summed E-state index contributed by atoms with van der Waals surface area (Å²) < 4.78 is 0. The maximum absolute atomic E-state index is 8.78. The van der Waals surface area contributed by atoms with Gasteiger partial charge in [-0.15, -0.1) is 0 Å². The van der Waals surface area contributed by atoms with Gasteiger partial charge in [-0.3, -0.25) is 4.90 Å². The van der Waals surface area contributed by atoms with Gasteiger partial charge >= 0.3 is 0 Å². The highest BCUT2D eigenvalue weighted by molar-refractivity contribution is 5.34. The van der Waals surface area contributed by atoms with Crippen molar-refractivity contribution in [2.75, 3.05) is 19.7 Å². The fourth-order valence-corrected chi connectivity index (χ4v) is 3.07. The van der Waals surface area contributed by atoms with E-state index in [-0.39, 0.29) is 6.61 Å². The quantitative estimate of drug-likeness (QED) is 0.750. The number of nitrogens with one attached hydrogen (secondary N) is 1. The number of nitrogens with zero attached hydrogens (tertiary/aromatic N) is 1. The number of aliphatic hydroxyl groups is 1. The van der Waals surface area contributed by atoms with Gasteiger partial charge in [0.15, 0.2) is 0 Å². The standard InChI is InChI=1S/C17H28N2O/c1-3-17-11-16-10-14(12-18-8-5-9-20)6-7-15(16)13-19(17)4-2/h6-7,10,17-18,20H,3-5,8-9,11-13H2,1-2H3. The molecule has 1 unspecified atom stereocenters. The van der Waals surface area contributed by atoms with E-state index in [0.29, 0.717) is 6.04 Å². The Morgan fingerprint density at radius 3 is 2.85 bits per heavy atom. The number of hydrogen-bond donors (Lipinski definition) is 2. The molecule has 2 rings (SSSR count). The van der Waals surface area contributed by atoms with E-state index < -0.39 is 0 Å². The average Bonchev–Trinajstić information content (AvgIpc) is 2.50. The molecule has 1 heterocycles. The van der Waals surface area contributed by atoms with Crippen molar-refractivity contribution in [3.63, 3.8) is 0 Å². The lowest BCUT2D eigenvalue weighted by molar-refractivity contribution is 0.176. The van der Waals surface area contributed by atoms with Crippen LogP contribution in [0.2, 0.25) is 0 Å². The van der Waals surface area contributed by atoms with Crippen LogP contribution in [0.5, 0.6) is 0 Å². The first-order valence-corrected chi connectivity index (χ1v) is 7.94. The fourth-order valence-electron chi connectivity index (χ4n) is 3.07. The summed E-state index contributed by atoms with van der Waals surface area (Å²) in [4.78, 5) is 2.58. The summed E-state index contributed by atoms with van der Waals surface area (Å²) in [5, 5.41) is 12.2. The molecule has 1 aliphatic rings. The van der Waals surface area contributed by atoms with Crippen LogP contribution < -0.4 is 5.32 Å². The molecule has 3 nitrogen and oxygen atoms in total. The first kappa shape index (κ1) is 15.5. The minimum Gasteiger partial charge on any atom is -0.396 e. The summed E-state index contributed by atoms with van der Waals surface area (Å²) >= 11 is 0. The molecule has 1 aromatic carbocycles. The Kier molecular flexibility index (Phi) is 6.02. The number of fused-ring (bicyclic) bond motifs is 1. The summed E-state index contributed by atoms with van der Waals surface area (Å²) in [6.07, 6.45) is 3.24. The predicted octanol–water partition coefficient (Wildman–Crippen LogP) is 2.32. The van der Waals surface area contributed by atoms with E-state index in [2.05, 4.69) is 42.3 Å². The minimum absolute atomic E-state index is 0.266. The van der Waals surface area contributed by atoms with Gasteiger partial charge < -0.3 is 10.4 Å². The molecule has 0 aliphatic carbocycles. The molecule has 0 radical (unpaired) electrons. The highest BCUT2D eigenvalue weighted by atomic mass is 16.3. The maximum Gasteiger partial charge on any atom is 0.0443 e. The Morgan fingerprint density at radius 2 is 2.15 bits per heavy atom. The molecule has 0 saturated carbocycles. The third-order valence-corrected chi connectivity index (χ3v) is 4.33. The lowest BCUT2D eigenvalue weighted by atomic mass is 9.91. The number of aliphatic hydroxyl groups excluding tert-OH is 1. The summed E-state index contributed by atoms with van der Waals surface area (Å²) in [5.41, 5.74) is 4.39. The predicted molar refractivity (Wildman–Crippen MR) is 83.7 cm³/mol. The average molecular weight is 276 g/mol. The van der Waals surface area contributed by atoms with E-state index in [1.54, 1.807) is 0 Å². The van der Waals surface area contributed by atoms with Gasteiger partial charge in [0.1, 0.15) is 0 Å². The molecule has 112 valence electrons. The van der Waals surface area contributed by atoms with Crippen molar-refractivity contribution in [3.05, 3.63) is 34.9 Å². The Morgan fingerprint density at radius 1 is 1.30 bits per heavy atom. The van der Waals surface area contributed by atoms with E-state index in [1.165, 1.54) is 29.5 Å². The third kappa shape index (κ3) is 3.81. The number of hydrogen-bond acceptors (Lipinski definition) is 3. The highest BCUT2D eigenvalue weighted by Crippen LogP contribution is 2.25. The summed E-state index contributed by atoms with van der Waals surface area (Å²) in [6, 6.07) is 7.61. The van der Waals surface area contributed by atoms with Gasteiger partial charge in [0.25, 0.3) is 0 Å². The van der Waals surface area contributed by atoms with Crippen LogP contribution in [0.4, 0.5) is 0 Å². The monoisotopic (exact) mass is 276 g/mol. The second-order valence-corrected chi connectivity index (χ2v) is 5.69. The first-order chi connectivity index (χ1) is 9.78. The van der Waals surface area contributed by atoms with Crippen LogP contribution in [-0.2, 0) is 19.5 Å². The number of benzene rings is 1. The molecular formula is C17H28N2O. The number of rotatable bonds is 7. The lowest BCUT2D eigenvalue weighted by Crippen LogP contribution is -2.39. The van der Waals surface area contributed by atoms with Crippen LogP contribution in [0.1, 0.15) is 43.4 Å². The molecule has 2 N–H and O–H groups in total. The highest BCUT2D eigenvalue weighted by Gasteiger charge is 2.23. The van der Waals surface area contributed by atoms with E-state index in [0.717, 1.165) is 32.6 Å². The second-order valence-electron chi connectivity index (χ2n) is 5.69. The van der Waals surface area contributed by atoms with Crippen molar-refractivity contribution in [2.45, 2.75) is 52.2 Å². The molecule has 0 saturated heterocycles. The van der Waals surface area contributed by atoms with Crippen LogP contribution in [0, 0.1) is 0 Å². The zero-order valence-corrected chi connectivity index (χ0v) is 12.9. The molecule has 0 spiro atoms. The van der Waals surface area contributed by atoms with Gasteiger partial charge in [0.2, 0.25) is 0 Å². The van der Waals surface area contributed by atoms with E-state index >= 15 is 0 Å². The van der Waals surface area contributed by atoms with Crippen LogP contribution in [0.25, 0.3) is 0 Å². The number of likely N-dealkylation sites (N-methyl/N-ethyl adjacent to an activating group) is 1. The molecule has 0 fully saturated rings. The van der Waals surface area contributed by atoms with E-state index in [1.807, 2.05) is 0 Å². The summed E-state index contributed by atoms with van der Waals surface area (Å²) in [5.74, 6) is 0. The van der Waals surface area contributed by atoms with Crippen molar-refractivity contribution >= 4 is 0 Å². The Labute approximate surface area is 123 Å². The van der Waals surface area contributed by atoms with Crippen molar-refractivity contribution in [1.29, 1.82) is 0 Å². The Bertz CT molecular complexity index is 419. The van der Waals surface area contributed by atoms with E-state index in [9.17, 15) is 0 Å². The fraction of sp³-hybridized carbons (Fsp3) is 0.647. The molecule has 0 amide bonds. The van der Waals surface area contributed by atoms with Crippen LogP contribution in [0.3, 0.4) is 0 Å². The van der Waals surface area contributed by atoms with Gasteiger partial charge in [-0.05, 0) is 49.0 Å². The molecule has 1 atom stereocenters. The van der Waals surface area contributed by atoms with Gasteiger partial charge in [0.05, 0.1) is 0 Å². The maximum atomic E-state index is 8.78. The summed E-state index contributed by atoms with van der Waals surface area (Å²) in [6.45, 7) is 8.84. The van der Waals surface area contributed by atoms with Crippen molar-refractivity contribution in [3.8, 4) is 0 Å². The second kappa shape index (κ2) is 7.77. The summed E-state index contributed by atoms with van der Waals surface area (Å²) in [7, 11) is 0. The van der Waals surface area contributed by atoms with Crippen LogP contribution >= 0.6 is 0 Å². The van der Waals surface area contributed by atoms with Gasteiger partial charge in [-0.1, -0.05) is 32.0 Å². The SMILES string of the molecule is CCC1Cc2cc(CNCCCO)ccc2CN1CC. The van der Waals surface area contributed by atoms with Gasteiger partial charge in [-0.25, -0.2) is 0 Å².